The van der Waals surface area contributed by atoms with Crippen molar-refractivity contribution in [1.82, 2.24) is 9.55 Å². The SMILES string of the molecule is CCCCN1C(=O)[C@H](C(=O)OCC)[C@H](c2ccc(N(C)C)cc2)n2c1nc1ccccc12. The van der Waals surface area contributed by atoms with E-state index < -0.39 is 17.9 Å². The fourth-order valence-electron chi connectivity index (χ4n) is 4.35. The van der Waals surface area contributed by atoms with Gasteiger partial charge >= 0.3 is 5.97 Å². The summed E-state index contributed by atoms with van der Waals surface area (Å²) in [4.78, 5) is 35.3. The smallest absolute Gasteiger partial charge is 0.321 e. The van der Waals surface area contributed by atoms with Crippen LogP contribution in [0, 0.1) is 5.92 Å². The number of benzene rings is 2. The molecule has 1 amide bonds. The van der Waals surface area contributed by atoms with E-state index >= 15 is 0 Å². The summed E-state index contributed by atoms with van der Waals surface area (Å²) in [6.45, 7) is 4.58. The molecule has 2 atom stereocenters. The van der Waals surface area contributed by atoms with Gasteiger partial charge in [-0.2, -0.15) is 0 Å². The van der Waals surface area contributed by atoms with Crippen LogP contribution in [0.3, 0.4) is 0 Å². The van der Waals surface area contributed by atoms with Crippen LogP contribution in [0.1, 0.15) is 38.3 Å². The first-order valence-corrected chi connectivity index (χ1v) is 11.2. The molecule has 168 valence electrons. The lowest BCUT2D eigenvalue weighted by Gasteiger charge is -2.38. The molecule has 32 heavy (non-hydrogen) atoms. The Morgan fingerprint density at radius 3 is 2.47 bits per heavy atom. The molecule has 1 aliphatic rings. The van der Waals surface area contributed by atoms with Gasteiger partial charge in [0.2, 0.25) is 11.9 Å². The Kier molecular flexibility index (Phi) is 6.17. The third-order valence-electron chi connectivity index (χ3n) is 5.97. The van der Waals surface area contributed by atoms with Crippen molar-refractivity contribution < 1.29 is 14.3 Å². The van der Waals surface area contributed by atoms with Crippen molar-refractivity contribution in [2.24, 2.45) is 5.92 Å². The molecular formula is C25H30N4O3. The van der Waals surface area contributed by atoms with E-state index in [1.807, 2.05) is 72.1 Å². The van der Waals surface area contributed by atoms with Crippen LogP contribution >= 0.6 is 0 Å². The molecule has 2 aromatic carbocycles. The number of aromatic nitrogens is 2. The fourth-order valence-corrected chi connectivity index (χ4v) is 4.35. The Balaban J connectivity index is 1.94. The second kappa shape index (κ2) is 9.02. The van der Waals surface area contributed by atoms with Crippen molar-refractivity contribution in [3.63, 3.8) is 0 Å². The van der Waals surface area contributed by atoms with Crippen molar-refractivity contribution in [1.29, 1.82) is 0 Å². The van der Waals surface area contributed by atoms with Gasteiger partial charge in [-0.05, 0) is 43.2 Å². The topological polar surface area (TPSA) is 67.7 Å². The van der Waals surface area contributed by atoms with Gasteiger partial charge < -0.3 is 14.2 Å². The van der Waals surface area contributed by atoms with Crippen LogP contribution < -0.4 is 9.80 Å². The number of unbranched alkanes of at least 4 members (excludes halogenated alkanes) is 1. The van der Waals surface area contributed by atoms with Crippen LogP contribution in [0.15, 0.2) is 48.5 Å². The number of rotatable bonds is 7. The Bertz CT molecular complexity index is 1120. The van der Waals surface area contributed by atoms with Crippen LogP contribution in [-0.2, 0) is 14.3 Å². The number of anilines is 2. The number of imidazole rings is 1. The Morgan fingerprint density at radius 1 is 1.09 bits per heavy atom. The van der Waals surface area contributed by atoms with Crippen molar-refractivity contribution >= 4 is 34.5 Å². The van der Waals surface area contributed by atoms with Gasteiger partial charge in [-0.1, -0.05) is 37.6 Å². The summed E-state index contributed by atoms with van der Waals surface area (Å²) in [5.74, 6) is -1.13. The number of esters is 1. The van der Waals surface area contributed by atoms with E-state index in [4.69, 9.17) is 9.72 Å². The third kappa shape index (κ3) is 3.72. The van der Waals surface area contributed by atoms with Gasteiger partial charge in [0.1, 0.15) is 0 Å². The molecule has 4 rings (SSSR count). The van der Waals surface area contributed by atoms with E-state index in [1.165, 1.54) is 0 Å². The summed E-state index contributed by atoms with van der Waals surface area (Å²) >= 11 is 0. The maximum atomic E-state index is 13.7. The highest BCUT2D eigenvalue weighted by Crippen LogP contribution is 2.41. The fraction of sp³-hybridized carbons (Fsp3) is 0.400. The van der Waals surface area contributed by atoms with E-state index in [-0.39, 0.29) is 12.5 Å². The van der Waals surface area contributed by atoms with Gasteiger partial charge in [0.05, 0.1) is 23.7 Å². The molecule has 0 fully saturated rings. The summed E-state index contributed by atoms with van der Waals surface area (Å²) in [6.07, 6.45) is 1.76. The molecule has 0 spiro atoms. The quantitative estimate of drug-likeness (QED) is 0.415. The first-order chi connectivity index (χ1) is 15.5. The minimum Gasteiger partial charge on any atom is -0.465 e. The van der Waals surface area contributed by atoms with Gasteiger partial charge in [-0.25, -0.2) is 4.98 Å². The number of nitrogens with zero attached hydrogens (tertiary/aromatic N) is 4. The lowest BCUT2D eigenvalue weighted by atomic mass is 9.89. The van der Waals surface area contributed by atoms with E-state index in [0.29, 0.717) is 12.5 Å². The normalized spacial score (nSPS) is 18.0. The summed E-state index contributed by atoms with van der Waals surface area (Å²) in [7, 11) is 3.96. The maximum Gasteiger partial charge on any atom is 0.321 e. The number of hydrogen-bond acceptors (Lipinski definition) is 5. The number of carbonyl (C=O) groups excluding carboxylic acids is 2. The Labute approximate surface area is 188 Å². The maximum absolute atomic E-state index is 13.7. The molecule has 7 heteroatoms. The van der Waals surface area contributed by atoms with E-state index in [9.17, 15) is 9.59 Å². The van der Waals surface area contributed by atoms with E-state index in [1.54, 1.807) is 11.8 Å². The first-order valence-electron chi connectivity index (χ1n) is 11.2. The number of hydrogen-bond donors (Lipinski definition) is 0. The zero-order chi connectivity index (χ0) is 22.8. The molecule has 3 aromatic rings. The van der Waals surface area contributed by atoms with Gasteiger partial charge in [-0.3, -0.25) is 14.5 Å². The standard InChI is InChI=1S/C25H30N4O3/c1-5-7-16-28-23(30)21(24(31)32-6-2)22(17-12-14-18(15-13-17)27(3)4)29-20-11-9-8-10-19(20)26-25(28)29/h8-15,21-22H,5-7,16H2,1-4H3/t21-,22+/m1/s1. The van der Waals surface area contributed by atoms with Gasteiger partial charge in [0.25, 0.3) is 0 Å². The predicted octanol–water partition coefficient (Wildman–Crippen LogP) is 4.02. The summed E-state index contributed by atoms with van der Waals surface area (Å²) < 4.78 is 7.43. The predicted molar refractivity (Wildman–Crippen MR) is 126 cm³/mol. The molecule has 1 aromatic heterocycles. The number of carbonyl (C=O) groups is 2. The van der Waals surface area contributed by atoms with Crippen LogP contribution in [0.2, 0.25) is 0 Å². The number of ether oxygens (including phenoxy) is 1. The monoisotopic (exact) mass is 434 g/mol. The minimum absolute atomic E-state index is 0.224. The van der Waals surface area contributed by atoms with Crippen LogP contribution in [0.25, 0.3) is 11.0 Å². The van der Waals surface area contributed by atoms with Crippen LogP contribution in [0.4, 0.5) is 11.6 Å². The van der Waals surface area contributed by atoms with Crippen molar-refractivity contribution in [2.45, 2.75) is 32.7 Å². The molecule has 7 nitrogen and oxygen atoms in total. The van der Waals surface area contributed by atoms with Gasteiger partial charge in [0, 0.05) is 26.3 Å². The molecule has 0 saturated carbocycles. The Morgan fingerprint density at radius 2 is 1.81 bits per heavy atom. The average Bonchev–Trinajstić information content (AvgIpc) is 3.17. The van der Waals surface area contributed by atoms with E-state index in [2.05, 4.69) is 6.92 Å². The summed E-state index contributed by atoms with van der Waals surface area (Å²) in [5.41, 5.74) is 3.62. The highest BCUT2D eigenvalue weighted by molar-refractivity contribution is 6.08. The average molecular weight is 435 g/mol. The number of amides is 1. The van der Waals surface area contributed by atoms with Crippen LogP contribution in [0.5, 0.6) is 0 Å². The molecule has 0 unspecified atom stereocenters. The zero-order valence-corrected chi connectivity index (χ0v) is 19.1. The summed E-state index contributed by atoms with van der Waals surface area (Å²) in [5, 5.41) is 0. The third-order valence-corrected chi connectivity index (χ3v) is 5.97. The first kappa shape index (κ1) is 21.9. The minimum atomic E-state index is -0.970. The highest BCUT2D eigenvalue weighted by atomic mass is 16.5. The van der Waals surface area contributed by atoms with Crippen molar-refractivity contribution in [3.05, 3.63) is 54.1 Å². The van der Waals surface area contributed by atoms with Gasteiger partial charge in [-0.15, -0.1) is 0 Å². The molecular weight excluding hydrogens is 404 g/mol. The van der Waals surface area contributed by atoms with Crippen LogP contribution in [-0.4, -0.2) is 48.7 Å². The highest BCUT2D eigenvalue weighted by Gasteiger charge is 2.47. The number of fused-ring (bicyclic) bond motifs is 3. The van der Waals surface area contributed by atoms with Crippen molar-refractivity contribution in [3.8, 4) is 0 Å². The second-order valence-electron chi connectivity index (χ2n) is 8.27. The molecule has 1 aliphatic heterocycles. The largest absolute Gasteiger partial charge is 0.465 e. The summed E-state index contributed by atoms with van der Waals surface area (Å²) in [6, 6.07) is 15.3. The molecule has 0 bridgehead atoms. The molecule has 0 N–H and O–H groups in total. The van der Waals surface area contributed by atoms with E-state index in [0.717, 1.165) is 35.1 Å². The molecule has 2 heterocycles. The molecule has 0 saturated heterocycles. The Hall–Kier alpha value is -3.35. The molecule has 0 radical (unpaired) electrons. The second-order valence-corrected chi connectivity index (χ2v) is 8.27. The number of para-hydroxylation sites is 2. The lowest BCUT2D eigenvalue weighted by molar-refractivity contribution is -0.153. The van der Waals surface area contributed by atoms with Gasteiger partial charge in [0.15, 0.2) is 5.92 Å². The lowest BCUT2D eigenvalue weighted by Crippen LogP contribution is -2.50. The van der Waals surface area contributed by atoms with Crippen molar-refractivity contribution in [2.75, 3.05) is 37.0 Å². The molecule has 0 aliphatic carbocycles. The zero-order valence-electron chi connectivity index (χ0n) is 19.1.